The molecule has 42 heavy (non-hydrogen) atoms. The van der Waals surface area contributed by atoms with Crippen molar-refractivity contribution in [1.82, 2.24) is 10.2 Å². The van der Waals surface area contributed by atoms with Crippen LogP contribution in [0.3, 0.4) is 0 Å². The molecule has 228 valence electrons. The fourth-order valence-electron chi connectivity index (χ4n) is 4.45. The largest absolute Gasteiger partial charge is 0.480 e. The highest BCUT2D eigenvalue weighted by Crippen LogP contribution is 2.54. The first-order valence-corrected chi connectivity index (χ1v) is 15.3. The number of benzene rings is 2. The second-order valence-corrected chi connectivity index (χ2v) is 12.3. The number of ether oxygens (including phenoxy) is 2. The lowest BCUT2D eigenvalue weighted by molar-refractivity contribution is -0.151. The number of amides is 2. The molecule has 1 heterocycles. The fourth-order valence-corrected chi connectivity index (χ4v) is 5.78. The predicted octanol–water partition coefficient (Wildman–Crippen LogP) is 4.58. The third-order valence-electron chi connectivity index (χ3n) is 6.80. The van der Waals surface area contributed by atoms with Crippen molar-refractivity contribution in [2.24, 2.45) is 0 Å². The summed E-state index contributed by atoms with van der Waals surface area (Å²) in [7, 11) is -3.13. The van der Waals surface area contributed by atoms with Gasteiger partial charge >= 0.3 is 25.6 Å². The molecule has 1 aliphatic heterocycles. The lowest BCUT2D eigenvalue weighted by Gasteiger charge is -2.31. The number of hydrogen-bond acceptors (Lipinski definition) is 9. The molecule has 0 bridgehead atoms. The number of nitrogens with one attached hydrogen (secondary N) is 1. The van der Waals surface area contributed by atoms with Crippen molar-refractivity contribution < 1.29 is 47.4 Å². The van der Waals surface area contributed by atoms with Crippen LogP contribution < -0.4 is 5.32 Å². The minimum Gasteiger partial charge on any atom is -0.480 e. The van der Waals surface area contributed by atoms with Crippen LogP contribution in [0.15, 0.2) is 60.7 Å². The van der Waals surface area contributed by atoms with E-state index in [1.807, 2.05) is 30.3 Å². The first-order valence-electron chi connectivity index (χ1n) is 13.6. The molecular weight excluding hydrogens is 567 g/mol. The maximum atomic E-state index is 13.7. The van der Waals surface area contributed by atoms with Gasteiger partial charge in [0.1, 0.15) is 18.8 Å². The third kappa shape index (κ3) is 9.14. The van der Waals surface area contributed by atoms with E-state index in [9.17, 15) is 28.8 Å². The maximum Gasteiger partial charge on any atom is 0.407 e. The van der Waals surface area contributed by atoms with Gasteiger partial charge < -0.3 is 29.3 Å². The molecule has 0 spiro atoms. The van der Waals surface area contributed by atoms with Gasteiger partial charge in [0.25, 0.3) is 5.91 Å². The lowest BCUT2D eigenvalue weighted by atomic mass is 10.1. The Labute approximate surface area is 244 Å². The summed E-state index contributed by atoms with van der Waals surface area (Å²) in [6, 6.07) is 15.7. The zero-order valence-corrected chi connectivity index (χ0v) is 24.7. The summed E-state index contributed by atoms with van der Waals surface area (Å²) in [6.07, 6.45) is -1.18. The van der Waals surface area contributed by atoms with E-state index in [0.29, 0.717) is 6.42 Å². The Morgan fingerprint density at radius 3 is 2.29 bits per heavy atom. The Kier molecular flexibility index (Phi) is 12.1. The summed E-state index contributed by atoms with van der Waals surface area (Å²) in [4.78, 5) is 51.4. The molecule has 1 fully saturated rings. The number of carboxylic acid groups (broad SMARTS) is 1. The molecular formula is C29H37N2O10P. The van der Waals surface area contributed by atoms with Crippen molar-refractivity contribution in [3.8, 4) is 0 Å². The minimum absolute atomic E-state index is 0.0471. The Morgan fingerprint density at radius 1 is 1.02 bits per heavy atom. The van der Waals surface area contributed by atoms with Crippen LogP contribution in [0.1, 0.15) is 55.5 Å². The Balaban J connectivity index is 1.69. The highest BCUT2D eigenvalue weighted by molar-refractivity contribution is 7.54. The second kappa shape index (κ2) is 15.5. The Morgan fingerprint density at radius 2 is 1.67 bits per heavy atom. The lowest BCUT2D eigenvalue weighted by Crippen LogP contribution is -2.46. The third-order valence-corrected chi connectivity index (χ3v) is 8.85. The monoisotopic (exact) mass is 604 g/mol. The molecule has 5 atom stereocenters. The summed E-state index contributed by atoms with van der Waals surface area (Å²) < 4.78 is 35.3. The number of carboxylic acids is 1. The van der Waals surface area contributed by atoms with E-state index in [0.717, 1.165) is 12.7 Å². The molecule has 0 saturated carbocycles. The molecule has 4 unspecified atom stereocenters. The molecule has 0 radical (unpaired) electrons. The highest BCUT2D eigenvalue weighted by atomic mass is 31.2. The molecule has 2 amide bonds. The van der Waals surface area contributed by atoms with E-state index >= 15 is 0 Å². The van der Waals surface area contributed by atoms with Gasteiger partial charge in [0.15, 0.2) is 5.85 Å². The number of alkyl carbamates (subject to hydrolysis) is 1. The van der Waals surface area contributed by atoms with Crippen LogP contribution in [0, 0.1) is 0 Å². The molecule has 2 N–H and O–H groups in total. The van der Waals surface area contributed by atoms with E-state index in [2.05, 4.69) is 5.32 Å². The van der Waals surface area contributed by atoms with Gasteiger partial charge in [-0.2, -0.15) is 0 Å². The normalized spacial score (nSPS) is 18.3. The average molecular weight is 605 g/mol. The number of aliphatic carboxylic acids is 1. The maximum absolute atomic E-state index is 13.7. The fraction of sp³-hybridized carbons (Fsp3) is 0.448. The summed E-state index contributed by atoms with van der Waals surface area (Å²) in [6.45, 7) is 3.29. The van der Waals surface area contributed by atoms with E-state index in [-0.39, 0.29) is 38.0 Å². The zero-order valence-electron chi connectivity index (χ0n) is 23.8. The first-order chi connectivity index (χ1) is 20.0. The number of likely N-dealkylation sites (tertiary alicyclic amines) is 1. The summed E-state index contributed by atoms with van der Waals surface area (Å²) >= 11 is 0. The van der Waals surface area contributed by atoms with Gasteiger partial charge in [0.2, 0.25) is 0 Å². The predicted molar refractivity (Wildman–Crippen MR) is 152 cm³/mol. The number of rotatable bonds is 14. The number of carbonyl (C=O) groups excluding carboxylic acids is 3. The molecule has 2 aromatic rings. The van der Waals surface area contributed by atoms with Crippen molar-refractivity contribution in [3.63, 3.8) is 0 Å². The van der Waals surface area contributed by atoms with Gasteiger partial charge in [-0.1, -0.05) is 48.5 Å². The second-order valence-electron chi connectivity index (χ2n) is 9.90. The number of hydrogen-bond donors (Lipinski definition) is 2. The molecule has 3 rings (SSSR count). The quantitative estimate of drug-likeness (QED) is 0.231. The summed E-state index contributed by atoms with van der Waals surface area (Å²) in [5.74, 6) is -3.99. The van der Waals surface area contributed by atoms with E-state index in [1.165, 1.54) is 24.0 Å². The number of carbonyl (C=O) groups is 4. The SMILES string of the molecule is COP(=O)(OC(CCC(C)NC(=O)OCc1ccccc1)C(=O)N1CCC[C@H]1C(=O)O)C(C)OC(=O)c1ccccc1. The topological polar surface area (TPSA) is 158 Å². The Hall–Kier alpha value is -3.73. The van der Waals surface area contributed by atoms with E-state index in [4.69, 9.17) is 18.5 Å². The van der Waals surface area contributed by atoms with E-state index < -0.39 is 55.6 Å². The number of esters is 1. The minimum atomic E-state index is -4.24. The molecule has 2 aromatic carbocycles. The standard InChI is InChI=1S/C29H37N2O10P/c1-20(30-29(36)39-19-22-11-6-4-7-12-22)16-17-25(26(32)31-18-10-15-24(31)27(33)34)41-42(37,38-3)21(2)40-28(35)23-13-8-5-9-14-23/h4-9,11-14,20-21,24-25H,10,15-19H2,1-3H3,(H,30,36)(H,33,34)/t20?,21?,24-,25?,42?/m0/s1. The molecule has 1 saturated heterocycles. The van der Waals surface area contributed by atoms with Gasteiger partial charge in [-0.3, -0.25) is 13.9 Å². The van der Waals surface area contributed by atoms with Crippen molar-refractivity contribution in [3.05, 3.63) is 71.8 Å². The van der Waals surface area contributed by atoms with Gasteiger partial charge in [0, 0.05) is 19.7 Å². The van der Waals surface area contributed by atoms with Crippen molar-refractivity contribution in [1.29, 1.82) is 0 Å². The average Bonchev–Trinajstić information content (AvgIpc) is 3.49. The zero-order chi connectivity index (χ0) is 30.7. The van der Waals surface area contributed by atoms with Gasteiger partial charge in [-0.05, 0) is 57.2 Å². The Bertz CT molecular complexity index is 1260. The molecule has 0 aliphatic carbocycles. The van der Waals surface area contributed by atoms with Crippen molar-refractivity contribution >= 4 is 31.5 Å². The van der Waals surface area contributed by atoms with E-state index in [1.54, 1.807) is 25.1 Å². The van der Waals surface area contributed by atoms with Gasteiger partial charge in [0.05, 0.1) is 5.56 Å². The molecule has 0 aromatic heterocycles. The van der Waals surface area contributed by atoms with Crippen LogP contribution in [-0.2, 0) is 39.3 Å². The van der Waals surface area contributed by atoms with Crippen LogP contribution in [0.5, 0.6) is 0 Å². The first kappa shape index (κ1) is 32.8. The van der Waals surface area contributed by atoms with Crippen LogP contribution in [0.4, 0.5) is 4.79 Å². The van der Waals surface area contributed by atoms with Gasteiger partial charge in [-0.25, -0.2) is 14.4 Å². The van der Waals surface area contributed by atoms with Gasteiger partial charge in [-0.15, -0.1) is 0 Å². The molecule has 12 nitrogen and oxygen atoms in total. The van der Waals surface area contributed by atoms with Crippen LogP contribution >= 0.6 is 7.60 Å². The van der Waals surface area contributed by atoms with Crippen molar-refractivity contribution in [2.45, 2.75) is 70.2 Å². The molecule has 13 heteroatoms. The summed E-state index contributed by atoms with van der Waals surface area (Å²) in [5.41, 5.74) is 1.04. The molecule has 1 aliphatic rings. The van der Waals surface area contributed by atoms with Crippen LogP contribution in [-0.4, -0.2) is 71.6 Å². The summed E-state index contributed by atoms with van der Waals surface area (Å²) in [5, 5.41) is 12.3. The highest BCUT2D eigenvalue weighted by Gasteiger charge is 2.43. The number of nitrogens with zero attached hydrogens (tertiary/aromatic N) is 1. The van der Waals surface area contributed by atoms with Crippen LogP contribution in [0.2, 0.25) is 0 Å². The van der Waals surface area contributed by atoms with Crippen molar-refractivity contribution in [2.75, 3.05) is 13.7 Å². The smallest absolute Gasteiger partial charge is 0.407 e. The van der Waals surface area contributed by atoms with Crippen LogP contribution in [0.25, 0.3) is 0 Å².